The molecule has 1 unspecified atom stereocenters. The van der Waals surface area contributed by atoms with Crippen LogP contribution in [0.4, 0.5) is 5.13 Å². The molecule has 0 radical (unpaired) electrons. The van der Waals surface area contributed by atoms with Gasteiger partial charge in [-0.2, -0.15) is 0 Å². The molecule has 0 N–H and O–H groups in total. The standard InChI is InChI=1S/C25H33N3O4S/c1-5-7-10-14-28(25-26-17(3)23(33-25)24(31)32-6-2)22(30)16-21-20-12-9-8-11-19(20)13-15-27(21)18(4)29/h8-9,11-12,21H,5-7,10,13-16H2,1-4H3. The van der Waals surface area contributed by atoms with Crippen LogP contribution in [-0.2, 0) is 20.7 Å². The molecule has 1 atom stereocenters. The summed E-state index contributed by atoms with van der Waals surface area (Å²) in [6, 6.07) is 7.72. The van der Waals surface area contributed by atoms with Gasteiger partial charge in [0.15, 0.2) is 5.13 Å². The van der Waals surface area contributed by atoms with Crippen LogP contribution in [0.1, 0.15) is 79.0 Å². The summed E-state index contributed by atoms with van der Waals surface area (Å²) in [6.07, 6.45) is 3.82. The molecule has 0 bridgehead atoms. The van der Waals surface area contributed by atoms with E-state index < -0.39 is 5.97 Å². The summed E-state index contributed by atoms with van der Waals surface area (Å²) in [5, 5.41) is 0.509. The number of hydrogen-bond donors (Lipinski definition) is 0. The number of esters is 1. The summed E-state index contributed by atoms with van der Waals surface area (Å²) in [6.45, 7) is 8.60. The quantitative estimate of drug-likeness (QED) is 0.392. The Bertz CT molecular complexity index is 1000. The van der Waals surface area contributed by atoms with E-state index in [1.54, 1.807) is 30.6 Å². The van der Waals surface area contributed by atoms with Gasteiger partial charge in [-0.3, -0.25) is 14.5 Å². The molecule has 0 saturated carbocycles. The minimum absolute atomic E-state index is 0.0328. The SMILES string of the molecule is CCCCCN(C(=O)CC1c2ccccc2CCN1C(C)=O)c1nc(C)c(C(=O)OCC)s1. The molecule has 0 aliphatic carbocycles. The summed E-state index contributed by atoms with van der Waals surface area (Å²) in [4.78, 5) is 46.8. The molecule has 1 aliphatic heterocycles. The Kier molecular flexibility index (Phi) is 8.61. The first-order valence-electron chi connectivity index (χ1n) is 11.7. The normalized spacial score (nSPS) is 15.2. The lowest BCUT2D eigenvalue weighted by molar-refractivity contribution is -0.133. The Balaban J connectivity index is 1.90. The minimum atomic E-state index is -0.413. The van der Waals surface area contributed by atoms with Crippen LogP contribution < -0.4 is 4.90 Å². The van der Waals surface area contributed by atoms with Gasteiger partial charge in [-0.15, -0.1) is 0 Å². The maximum absolute atomic E-state index is 13.6. The zero-order valence-electron chi connectivity index (χ0n) is 19.9. The number of hydrogen-bond acceptors (Lipinski definition) is 6. The fourth-order valence-electron chi connectivity index (χ4n) is 4.25. The van der Waals surface area contributed by atoms with Crippen molar-refractivity contribution >= 4 is 34.3 Å². The van der Waals surface area contributed by atoms with E-state index in [1.165, 1.54) is 16.9 Å². The number of ether oxygens (including phenoxy) is 1. The highest BCUT2D eigenvalue weighted by molar-refractivity contribution is 7.17. The van der Waals surface area contributed by atoms with Crippen molar-refractivity contribution in [1.82, 2.24) is 9.88 Å². The molecule has 8 heteroatoms. The second kappa shape index (κ2) is 11.4. The first-order chi connectivity index (χ1) is 15.9. The summed E-state index contributed by atoms with van der Waals surface area (Å²) in [5.74, 6) is -0.540. The van der Waals surface area contributed by atoms with Crippen molar-refractivity contribution in [2.45, 2.75) is 65.8 Å². The number of carbonyl (C=O) groups excluding carboxylic acids is 3. The van der Waals surface area contributed by atoms with Gasteiger partial charge in [-0.05, 0) is 37.8 Å². The van der Waals surface area contributed by atoms with Gasteiger partial charge in [0.05, 0.1) is 24.8 Å². The largest absolute Gasteiger partial charge is 0.462 e. The van der Waals surface area contributed by atoms with Gasteiger partial charge in [0.2, 0.25) is 11.8 Å². The summed E-state index contributed by atoms with van der Waals surface area (Å²) < 4.78 is 5.15. The Morgan fingerprint density at radius 2 is 1.97 bits per heavy atom. The van der Waals surface area contributed by atoms with Crippen molar-refractivity contribution in [2.75, 3.05) is 24.6 Å². The Hall–Kier alpha value is -2.74. The van der Waals surface area contributed by atoms with Crippen LogP contribution in [0.5, 0.6) is 0 Å². The molecule has 3 rings (SSSR count). The van der Waals surface area contributed by atoms with Crippen LogP contribution in [0, 0.1) is 6.92 Å². The number of amides is 2. The number of benzene rings is 1. The van der Waals surface area contributed by atoms with Gasteiger partial charge in [-0.25, -0.2) is 9.78 Å². The number of aryl methyl sites for hydroxylation is 1. The lowest BCUT2D eigenvalue weighted by Crippen LogP contribution is -2.42. The average molecular weight is 472 g/mol. The van der Waals surface area contributed by atoms with Crippen molar-refractivity contribution in [3.05, 3.63) is 46.0 Å². The molecular formula is C25H33N3O4S. The molecule has 1 aromatic heterocycles. The first-order valence-corrected chi connectivity index (χ1v) is 12.5. The van der Waals surface area contributed by atoms with E-state index in [-0.39, 0.29) is 30.9 Å². The number of carbonyl (C=O) groups is 3. The Morgan fingerprint density at radius 1 is 1.21 bits per heavy atom. The number of unbranched alkanes of at least 4 members (excludes halogenated alkanes) is 2. The number of anilines is 1. The molecule has 2 heterocycles. The van der Waals surface area contributed by atoms with Gasteiger partial charge in [0.1, 0.15) is 4.88 Å². The molecule has 0 saturated heterocycles. The fraction of sp³-hybridized carbons (Fsp3) is 0.520. The van der Waals surface area contributed by atoms with Gasteiger partial charge >= 0.3 is 5.97 Å². The second-order valence-corrected chi connectivity index (χ2v) is 9.24. The van der Waals surface area contributed by atoms with Crippen LogP contribution in [0.3, 0.4) is 0 Å². The van der Waals surface area contributed by atoms with E-state index in [0.717, 1.165) is 31.2 Å². The third kappa shape index (κ3) is 5.79. The maximum atomic E-state index is 13.6. The van der Waals surface area contributed by atoms with E-state index in [2.05, 4.69) is 18.0 Å². The van der Waals surface area contributed by atoms with Crippen LogP contribution in [0.25, 0.3) is 0 Å². The molecule has 2 amide bonds. The van der Waals surface area contributed by atoms with Gasteiger partial charge in [0, 0.05) is 20.0 Å². The van der Waals surface area contributed by atoms with Crippen molar-refractivity contribution < 1.29 is 19.1 Å². The average Bonchev–Trinajstić information content (AvgIpc) is 3.18. The van der Waals surface area contributed by atoms with Gasteiger partial charge < -0.3 is 9.64 Å². The van der Waals surface area contributed by atoms with Crippen LogP contribution in [0.2, 0.25) is 0 Å². The topological polar surface area (TPSA) is 79.8 Å². The monoisotopic (exact) mass is 471 g/mol. The van der Waals surface area contributed by atoms with E-state index >= 15 is 0 Å². The maximum Gasteiger partial charge on any atom is 0.350 e. The molecule has 2 aromatic rings. The van der Waals surface area contributed by atoms with Crippen LogP contribution in [-0.4, -0.2) is 47.4 Å². The molecule has 178 valence electrons. The predicted molar refractivity (Wildman–Crippen MR) is 130 cm³/mol. The predicted octanol–water partition coefficient (Wildman–Crippen LogP) is 4.69. The van der Waals surface area contributed by atoms with E-state index in [9.17, 15) is 14.4 Å². The molecular weight excluding hydrogens is 438 g/mol. The van der Waals surface area contributed by atoms with Crippen molar-refractivity contribution in [1.29, 1.82) is 0 Å². The molecule has 33 heavy (non-hydrogen) atoms. The summed E-state index contributed by atoms with van der Waals surface area (Å²) in [7, 11) is 0. The highest BCUT2D eigenvalue weighted by Crippen LogP contribution is 2.34. The number of thiazole rings is 1. The van der Waals surface area contributed by atoms with Crippen molar-refractivity contribution in [3.8, 4) is 0 Å². The van der Waals surface area contributed by atoms with E-state index in [4.69, 9.17) is 4.74 Å². The number of fused-ring (bicyclic) bond motifs is 1. The van der Waals surface area contributed by atoms with Crippen molar-refractivity contribution in [2.24, 2.45) is 0 Å². The van der Waals surface area contributed by atoms with Crippen molar-refractivity contribution in [3.63, 3.8) is 0 Å². The highest BCUT2D eigenvalue weighted by Gasteiger charge is 2.33. The smallest absolute Gasteiger partial charge is 0.350 e. The van der Waals surface area contributed by atoms with Gasteiger partial charge in [-0.1, -0.05) is 55.4 Å². The van der Waals surface area contributed by atoms with E-state index in [0.29, 0.717) is 28.8 Å². The second-order valence-electron chi connectivity index (χ2n) is 8.27. The molecule has 7 nitrogen and oxygen atoms in total. The fourth-order valence-corrected chi connectivity index (χ4v) is 5.26. The lowest BCUT2D eigenvalue weighted by Gasteiger charge is -2.37. The van der Waals surface area contributed by atoms with Gasteiger partial charge in [0.25, 0.3) is 0 Å². The zero-order chi connectivity index (χ0) is 24.0. The Labute approximate surface area is 199 Å². The lowest BCUT2D eigenvalue weighted by atomic mass is 9.90. The van der Waals surface area contributed by atoms with E-state index in [1.807, 2.05) is 18.2 Å². The third-order valence-electron chi connectivity index (χ3n) is 5.95. The van der Waals surface area contributed by atoms with Crippen LogP contribution >= 0.6 is 11.3 Å². The molecule has 1 aliphatic rings. The zero-order valence-corrected chi connectivity index (χ0v) is 20.7. The number of aromatic nitrogens is 1. The summed E-state index contributed by atoms with van der Waals surface area (Å²) >= 11 is 1.20. The Morgan fingerprint density at radius 3 is 2.67 bits per heavy atom. The number of nitrogens with zero attached hydrogens (tertiary/aromatic N) is 3. The van der Waals surface area contributed by atoms with Crippen LogP contribution in [0.15, 0.2) is 24.3 Å². The minimum Gasteiger partial charge on any atom is -0.462 e. The first kappa shape index (κ1) is 24.9. The molecule has 1 aromatic carbocycles. The molecule has 0 fully saturated rings. The highest BCUT2D eigenvalue weighted by atomic mass is 32.1. The molecule has 0 spiro atoms. The third-order valence-corrected chi connectivity index (χ3v) is 7.11. The number of rotatable bonds is 9. The summed E-state index contributed by atoms with van der Waals surface area (Å²) in [5.41, 5.74) is 2.78.